The highest BCUT2D eigenvalue weighted by molar-refractivity contribution is 5.99. The lowest BCUT2D eigenvalue weighted by molar-refractivity contribution is 0.209. The van der Waals surface area contributed by atoms with Crippen LogP contribution in [0.5, 0.6) is 0 Å². The number of benzene rings is 1. The van der Waals surface area contributed by atoms with Crippen molar-refractivity contribution in [2.75, 3.05) is 22.9 Å². The summed E-state index contributed by atoms with van der Waals surface area (Å²) < 4.78 is 15.1. The van der Waals surface area contributed by atoms with Gasteiger partial charge < -0.3 is 16.2 Å². The molecule has 1 unspecified atom stereocenters. The number of aromatic nitrogens is 2. The summed E-state index contributed by atoms with van der Waals surface area (Å²) in [6, 6.07) is 3.18. The third kappa shape index (κ3) is 2.96. The lowest BCUT2D eigenvalue weighted by atomic mass is 9.92. The highest BCUT2D eigenvalue weighted by Crippen LogP contribution is 2.38. The van der Waals surface area contributed by atoms with Gasteiger partial charge in [-0.2, -0.15) is 0 Å². The van der Waals surface area contributed by atoms with E-state index < -0.39 is 11.9 Å². The number of carbonyl (C=O) groups is 1. The Balaban J connectivity index is 1.89. The van der Waals surface area contributed by atoms with Crippen molar-refractivity contribution >= 4 is 34.1 Å². The van der Waals surface area contributed by atoms with Gasteiger partial charge in [0.25, 0.3) is 0 Å². The number of halogens is 1. The first-order valence-electron chi connectivity index (χ1n) is 8.95. The summed E-state index contributed by atoms with van der Waals surface area (Å²) in [4.78, 5) is 19.4. The molecule has 2 aromatic heterocycles. The smallest absolute Gasteiger partial charge is 0.410 e. The summed E-state index contributed by atoms with van der Waals surface area (Å²) >= 11 is 0. The Kier molecular flexibility index (Phi) is 4.26. The number of nitrogen functional groups attached to an aromatic ring is 1. The summed E-state index contributed by atoms with van der Waals surface area (Å²) in [7, 11) is 0. The van der Waals surface area contributed by atoms with E-state index in [1.165, 1.54) is 12.3 Å². The van der Waals surface area contributed by atoms with Gasteiger partial charge in [-0.15, -0.1) is 0 Å². The number of amides is 1. The topological polar surface area (TPSA) is 113 Å². The van der Waals surface area contributed by atoms with Crippen LogP contribution in [0.25, 0.3) is 21.9 Å². The molecule has 1 amide bonds. The number of hydrogen-bond donors (Lipinski definition) is 4. The van der Waals surface area contributed by atoms with Crippen LogP contribution in [0.15, 0.2) is 24.5 Å². The number of fused-ring (bicyclic) bond motifs is 2. The van der Waals surface area contributed by atoms with Gasteiger partial charge in [-0.25, -0.2) is 14.2 Å². The minimum Gasteiger partial charge on any atom is -0.465 e. The molecule has 0 spiro atoms. The zero-order chi connectivity index (χ0) is 20.0. The summed E-state index contributed by atoms with van der Waals surface area (Å²) in [5, 5.41) is 15.5. The molecule has 144 valence electrons. The molecule has 1 atom stereocenters. The third-order valence-electron chi connectivity index (χ3n) is 5.11. The summed E-state index contributed by atoms with van der Waals surface area (Å²) in [5.74, 6) is 0.0983. The molecule has 5 N–H and O–H groups in total. The van der Waals surface area contributed by atoms with Crippen molar-refractivity contribution in [1.29, 1.82) is 0 Å². The maximum Gasteiger partial charge on any atom is 0.410 e. The molecular weight excluding hydrogens is 361 g/mol. The lowest BCUT2D eigenvalue weighted by Crippen LogP contribution is -2.22. The van der Waals surface area contributed by atoms with Crippen LogP contribution < -0.4 is 16.4 Å². The van der Waals surface area contributed by atoms with Crippen molar-refractivity contribution in [3.05, 3.63) is 41.6 Å². The summed E-state index contributed by atoms with van der Waals surface area (Å²) in [6.45, 7) is 4.93. The largest absolute Gasteiger partial charge is 0.465 e. The summed E-state index contributed by atoms with van der Waals surface area (Å²) in [5.41, 5.74) is 9.80. The van der Waals surface area contributed by atoms with E-state index in [-0.39, 0.29) is 11.5 Å². The molecule has 0 radical (unpaired) electrons. The first kappa shape index (κ1) is 18.0. The Morgan fingerprint density at radius 2 is 2.11 bits per heavy atom. The molecule has 0 fully saturated rings. The van der Waals surface area contributed by atoms with Gasteiger partial charge in [0.2, 0.25) is 0 Å². The number of rotatable bonds is 2. The molecule has 4 rings (SSSR count). The van der Waals surface area contributed by atoms with Crippen LogP contribution in [0.2, 0.25) is 0 Å². The normalized spacial score (nSPS) is 15.8. The van der Waals surface area contributed by atoms with Gasteiger partial charge in [0, 0.05) is 35.5 Å². The van der Waals surface area contributed by atoms with Gasteiger partial charge in [0.1, 0.15) is 5.82 Å². The van der Waals surface area contributed by atoms with Crippen LogP contribution in [-0.4, -0.2) is 27.7 Å². The average molecular weight is 381 g/mol. The number of nitrogens with one attached hydrogen (secondary N) is 2. The Bertz CT molecular complexity index is 1120. The standard InChI is InChI=1S/C20H20FN5O2/c1-9-3-15-19(25-6-9)10(2)13(7-23-15)12-4-11-5-16(26-20(27)28)24-8-14(11)18(22)17(12)21/h4-5,7-9,25H,3,6,22H2,1-2H3,(H,24,26)(H,27,28). The molecule has 28 heavy (non-hydrogen) atoms. The van der Waals surface area contributed by atoms with Crippen LogP contribution in [0.3, 0.4) is 0 Å². The van der Waals surface area contributed by atoms with Gasteiger partial charge in [0.05, 0.1) is 17.1 Å². The van der Waals surface area contributed by atoms with Crippen molar-refractivity contribution < 1.29 is 14.3 Å². The molecule has 1 aromatic carbocycles. The molecule has 1 aliphatic rings. The van der Waals surface area contributed by atoms with Crippen LogP contribution in [0.1, 0.15) is 18.2 Å². The van der Waals surface area contributed by atoms with E-state index in [1.807, 2.05) is 6.92 Å². The Hall–Kier alpha value is -3.42. The molecule has 0 saturated heterocycles. The third-order valence-corrected chi connectivity index (χ3v) is 5.11. The molecule has 7 nitrogen and oxygen atoms in total. The highest BCUT2D eigenvalue weighted by Gasteiger charge is 2.22. The summed E-state index contributed by atoms with van der Waals surface area (Å²) in [6.07, 6.45) is 2.69. The number of nitrogens with zero attached hydrogens (tertiary/aromatic N) is 2. The molecule has 0 saturated carbocycles. The predicted molar refractivity (Wildman–Crippen MR) is 107 cm³/mol. The van der Waals surface area contributed by atoms with E-state index in [9.17, 15) is 4.79 Å². The van der Waals surface area contributed by atoms with Crippen LogP contribution in [0.4, 0.5) is 26.4 Å². The minimum atomic E-state index is -1.22. The monoisotopic (exact) mass is 381 g/mol. The van der Waals surface area contributed by atoms with Crippen molar-refractivity contribution in [2.45, 2.75) is 20.3 Å². The lowest BCUT2D eigenvalue weighted by Gasteiger charge is -2.25. The molecule has 3 aromatic rings. The fourth-order valence-electron chi connectivity index (χ4n) is 3.67. The highest BCUT2D eigenvalue weighted by atomic mass is 19.1. The zero-order valence-corrected chi connectivity index (χ0v) is 15.5. The second-order valence-electron chi connectivity index (χ2n) is 7.18. The maximum atomic E-state index is 15.1. The van der Waals surface area contributed by atoms with Gasteiger partial charge in [-0.1, -0.05) is 6.92 Å². The van der Waals surface area contributed by atoms with Crippen molar-refractivity contribution in [3.8, 4) is 11.1 Å². The van der Waals surface area contributed by atoms with Crippen LogP contribution in [-0.2, 0) is 6.42 Å². The van der Waals surface area contributed by atoms with E-state index in [0.29, 0.717) is 27.8 Å². The number of carboxylic acid groups (broad SMARTS) is 1. The molecule has 8 heteroatoms. The van der Waals surface area contributed by atoms with E-state index in [1.54, 1.807) is 12.3 Å². The fourth-order valence-corrected chi connectivity index (χ4v) is 3.67. The molecule has 3 heterocycles. The van der Waals surface area contributed by atoms with E-state index in [2.05, 4.69) is 27.5 Å². The van der Waals surface area contributed by atoms with Gasteiger partial charge in [-0.05, 0) is 42.3 Å². The second kappa shape index (κ2) is 6.63. The van der Waals surface area contributed by atoms with Gasteiger partial charge in [-0.3, -0.25) is 10.3 Å². The molecule has 0 bridgehead atoms. The van der Waals surface area contributed by atoms with Crippen molar-refractivity contribution in [1.82, 2.24) is 9.97 Å². The zero-order valence-electron chi connectivity index (χ0n) is 15.5. The maximum absolute atomic E-state index is 15.1. The SMILES string of the molecule is Cc1c(-c2cc3cc(NC(=O)O)ncc3c(N)c2F)cnc2c1NCC(C)C2. The number of anilines is 3. The Morgan fingerprint density at radius 3 is 2.86 bits per heavy atom. The molecule has 0 aliphatic carbocycles. The van der Waals surface area contributed by atoms with E-state index >= 15 is 4.39 Å². The van der Waals surface area contributed by atoms with Crippen LogP contribution in [0, 0.1) is 18.7 Å². The first-order valence-corrected chi connectivity index (χ1v) is 8.95. The minimum absolute atomic E-state index is 0.0272. The number of pyridine rings is 2. The fraction of sp³-hybridized carbons (Fsp3) is 0.250. The average Bonchev–Trinajstić information content (AvgIpc) is 2.64. The quantitative estimate of drug-likeness (QED) is 0.499. The van der Waals surface area contributed by atoms with E-state index in [0.717, 1.165) is 29.9 Å². The van der Waals surface area contributed by atoms with Gasteiger partial charge in [0.15, 0.2) is 5.82 Å². The Labute approximate surface area is 160 Å². The molecular formula is C20H20FN5O2. The Morgan fingerprint density at radius 1 is 1.32 bits per heavy atom. The van der Waals surface area contributed by atoms with Crippen molar-refractivity contribution in [2.24, 2.45) is 5.92 Å². The van der Waals surface area contributed by atoms with Gasteiger partial charge >= 0.3 is 6.09 Å². The number of nitrogens with two attached hydrogens (primary N) is 1. The van der Waals surface area contributed by atoms with E-state index in [4.69, 9.17) is 10.8 Å². The number of hydrogen-bond acceptors (Lipinski definition) is 5. The molecule has 1 aliphatic heterocycles. The second-order valence-corrected chi connectivity index (χ2v) is 7.18. The van der Waals surface area contributed by atoms with Crippen molar-refractivity contribution in [3.63, 3.8) is 0 Å². The van der Waals surface area contributed by atoms with Crippen LogP contribution >= 0.6 is 0 Å². The predicted octanol–water partition coefficient (Wildman–Crippen LogP) is 4.02. The first-order chi connectivity index (χ1) is 13.3.